The minimum absolute atomic E-state index is 0.0471. The van der Waals surface area contributed by atoms with Crippen LogP contribution in [0.25, 0.3) is 0 Å². The van der Waals surface area contributed by atoms with Crippen LogP contribution in [0.5, 0.6) is 5.75 Å². The summed E-state index contributed by atoms with van der Waals surface area (Å²) in [5.74, 6) is 0.538. The molecular weight excluding hydrogens is 290 g/mol. The Hall–Kier alpha value is -2.33. The van der Waals surface area contributed by atoms with Crippen LogP contribution in [-0.2, 0) is 0 Å². The van der Waals surface area contributed by atoms with Crippen molar-refractivity contribution in [3.63, 3.8) is 0 Å². The van der Waals surface area contributed by atoms with Gasteiger partial charge in [0.2, 0.25) is 0 Å². The predicted molar refractivity (Wildman–Crippen MR) is 90.3 cm³/mol. The van der Waals surface area contributed by atoms with Gasteiger partial charge in [-0.15, -0.1) is 0 Å². The molecule has 23 heavy (non-hydrogen) atoms. The number of hydrogen-bond donors (Lipinski definition) is 1. The molecule has 1 aliphatic rings. The van der Waals surface area contributed by atoms with Crippen LogP contribution in [0.4, 0.5) is 5.69 Å². The SMILES string of the molecule is COc1ccccc1C(=O)c1ccc(N2CCC[C@H]2CO)cc1. The molecule has 3 rings (SSSR count). The maximum Gasteiger partial charge on any atom is 0.196 e. The zero-order valence-corrected chi connectivity index (χ0v) is 13.2. The summed E-state index contributed by atoms with van der Waals surface area (Å²) in [6, 6.07) is 15.0. The number of rotatable bonds is 5. The van der Waals surface area contributed by atoms with Crippen LogP contribution in [0.3, 0.4) is 0 Å². The Morgan fingerprint density at radius 3 is 2.65 bits per heavy atom. The lowest BCUT2D eigenvalue weighted by Crippen LogP contribution is -2.31. The van der Waals surface area contributed by atoms with Gasteiger partial charge in [-0.25, -0.2) is 0 Å². The van der Waals surface area contributed by atoms with Crippen molar-refractivity contribution in [1.82, 2.24) is 0 Å². The van der Waals surface area contributed by atoms with Gasteiger partial charge in [0.25, 0.3) is 0 Å². The highest BCUT2D eigenvalue weighted by Crippen LogP contribution is 2.27. The Kier molecular flexibility index (Phi) is 4.63. The second-order valence-electron chi connectivity index (χ2n) is 5.75. The molecule has 1 heterocycles. The number of anilines is 1. The number of para-hydroxylation sites is 1. The fourth-order valence-electron chi connectivity index (χ4n) is 3.16. The van der Waals surface area contributed by atoms with Gasteiger partial charge in [-0.3, -0.25) is 4.79 Å². The molecule has 4 nitrogen and oxygen atoms in total. The first-order valence-electron chi connectivity index (χ1n) is 7.90. The van der Waals surface area contributed by atoms with Gasteiger partial charge in [0.1, 0.15) is 5.75 Å². The second kappa shape index (κ2) is 6.84. The van der Waals surface area contributed by atoms with Crippen molar-refractivity contribution in [2.75, 3.05) is 25.2 Å². The summed E-state index contributed by atoms with van der Waals surface area (Å²) in [7, 11) is 1.57. The number of aliphatic hydroxyl groups is 1. The molecular formula is C19H21NO3. The molecule has 1 saturated heterocycles. The van der Waals surface area contributed by atoms with Gasteiger partial charge in [0.15, 0.2) is 5.78 Å². The quantitative estimate of drug-likeness (QED) is 0.863. The third-order valence-corrected chi connectivity index (χ3v) is 4.40. The first-order chi connectivity index (χ1) is 11.2. The molecule has 0 amide bonds. The number of benzene rings is 2. The summed E-state index contributed by atoms with van der Waals surface area (Å²) in [4.78, 5) is 14.9. The molecule has 2 aromatic carbocycles. The molecule has 0 spiro atoms. The lowest BCUT2D eigenvalue weighted by molar-refractivity contribution is 0.103. The highest BCUT2D eigenvalue weighted by atomic mass is 16.5. The Labute approximate surface area is 136 Å². The number of hydrogen-bond acceptors (Lipinski definition) is 4. The third-order valence-electron chi connectivity index (χ3n) is 4.40. The Morgan fingerprint density at radius 1 is 1.22 bits per heavy atom. The average molecular weight is 311 g/mol. The third kappa shape index (κ3) is 3.08. The van der Waals surface area contributed by atoms with Gasteiger partial charge < -0.3 is 14.7 Å². The van der Waals surface area contributed by atoms with Crippen molar-refractivity contribution >= 4 is 11.5 Å². The minimum Gasteiger partial charge on any atom is -0.496 e. The zero-order valence-electron chi connectivity index (χ0n) is 13.2. The van der Waals surface area contributed by atoms with Crippen LogP contribution in [0.2, 0.25) is 0 Å². The predicted octanol–water partition coefficient (Wildman–Crippen LogP) is 2.89. The van der Waals surface area contributed by atoms with Crippen LogP contribution < -0.4 is 9.64 Å². The summed E-state index contributed by atoms with van der Waals surface area (Å²) in [6.45, 7) is 1.12. The first kappa shape index (κ1) is 15.6. The van der Waals surface area contributed by atoms with Crippen molar-refractivity contribution < 1.29 is 14.6 Å². The summed E-state index contributed by atoms with van der Waals surface area (Å²) in [5, 5.41) is 9.44. The second-order valence-corrected chi connectivity index (χ2v) is 5.75. The van der Waals surface area contributed by atoms with Crippen molar-refractivity contribution in [3.8, 4) is 5.75 Å². The molecule has 0 bridgehead atoms. The molecule has 2 aromatic rings. The van der Waals surface area contributed by atoms with E-state index >= 15 is 0 Å². The molecule has 1 atom stereocenters. The molecule has 1 aliphatic heterocycles. The number of ketones is 1. The smallest absolute Gasteiger partial charge is 0.196 e. The van der Waals surface area contributed by atoms with E-state index < -0.39 is 0 Å². The summed E-state index contributed by atoms with van der Waals surface area (Å²) < 4.78 is 5.26. The largest absolute Gasteiger partial charge is 0.496 e. The van der Waals surface area contributed by atoms with Crippen LogP contribution in [0.1, 0.15) is 28.8 Å². The summed E-state index contributed by atoms with van der Waals surface area (Å²) in [5.41, 5.74) is 2.26. The molecule has 4 heteroatoms. The van der Waals surface area contributed by atoms with Gasteiger partial charge in [-0.2, -0.15) is 0 Å². The van der Waals surface area contributed by atoms with E-state index in [1.54, 1.807) is 19.2 Å². The summed E-state index contributed by atoms with van der Waals surface area (Å²) >= 11 is 0. The van der Waals surface area contributed by atoms with Crippen LogP contribution in [0, 0.1) is 0 Å². The number of carbonyl (C=O) groups is 1. The minimum atomic E-state index is -0.0471. The number of ether oxygens (including phenoxy) is 1. The molecule has 0 aromatic heterocycles. The highest BCUT2D eigenvalue weighted by molar-refractivity contribution is 6.10. The Bertz CT molecular complexity index is 681. The molecule has 0 aliphatic carbocycles. The highest BCUT2D eigenvalue weighted by Gasteiger charge is 2.24. The maximum atomic E-state index is 12.6. The van der Waals surface area contributed by atoms with Crippen molar-refractivity contribution in [1.29, 1.82) is 0 Å². The van der Waals surface area contributed by atoms with E-state index in [1.165, 1.54) is 0 Å². The van der Waals surface area contributed by atoms with E-state index in [-0.39, 0.29) is 18.4 Å². The fraction of sp³-hybridized carbons (Fsp3) is 0.316. The number of aliphatic hydroxyl groups excluding tert-OH is 1. The Morgan fingerprint density at radius 2 is 1.96 bits per heavy atom. The van der Waals surface area contributed by atoms with E-state index in [0.717, 1.165) is 25.1 Å². The van der Waals surface area contributed by atoms with Crippen molar-refractivity contribution in [2.24, 2.45) is 0 Å². The lowest BCUT2D eigenvalue weighted by atomic mass is 10.0. The van der Waals surface area contributed by atoms with E-state index in [2.05, 4.69) is 4.90 Å². The zero-order chi connectivity index (χ0) is 16.2. The number of carbonyl (C=O) groups excluding carboxylic acids is 1. The van der Waals surface area contributed by atoms with Gasteiger partial charge in [0.05, 0.1) is 25.3 Å². The Balaban J connectivity index is 1.83. The number of nitrogens with zero attached hydrogens (tertiary/aromatic N) is 1. The molecule has 0 radical (unpaired) electrons. The molecule has 0 unspecified atom stereocenters. The molecule has 1 N–H and O–H groups in total. The lowest BCUT2D eigenvalue weighted by Gasteiger charge is -2.25. The standard InChI is InChI=1S/C19H21NO3/c1-23-18-7-3-2-6-17(18)19(22)14-8-10-15(11-9-14)20-12-4-5-16(20)13-21/h2-3,6-11,16,21H,4-5,12-13H2,1H3/t16-/m0/s1. The fourth-order valence-corrected chi connectivity index (χ4v) is 3.16. The van der Waals surface area contributed by atoms with Gasteiger partial charge in [-0.05, 0) is 49.2 Å². The van der Waals surface area contributed by atoms with Crippen molar-refractivity contribution in [2.45, 2.75) is 18.9 Å². The molecule has 1 fully saturated rings. The summed E-state index contributed by atoms with van der Waals surface area (Å²) in [6.07, 6.45) is 2.10. The molecule has 120 valence electrons. The van der Waals surface area contributed by atoms with Crippen LogP contribution in [-0.4, -0.2) is 37.2 Å². The van der Waals surface area contributed by atoms with E-state index in [9.17, 15) is 9.90 Å². The normalized spacial score (nSPS) is 17.3. The van der Waals surface area contributed by atoms with Crippen LogP contribution >= 0.6 is 0 Å². The van der Waals surface area contributed by atoms with Gasteiger partial charge in [0, 0.05) is 17.8 Å². The van der Waals surface area contributed by atoms with Gasteiger partial charge >= 0.3 is 0 Å². The maximum absolute atomic E-state index is 12.6. The monoisotopic (exact) mass is 311 g/mol. The van der Waals surface area contributed by atoms with E-state index in [1.807, 2.05) is 36.4 Å². The van der Waals surface area contributed by atoms with Gasteiger partial charge in [-0.1, -0.05) is 12.1 Å². The van der Waals surface area contributed by atoms with E-state index in [4.69, 9.17) is 4.74 Å². The van der Waals surface area contributed by atoms with Crippen molar-refractivity contribution in [3.05, 3.63) is 59.7 Å². The van der Waals surface area contributed by atoms with E-state index in [0.29, 0.717) is 16.9 Å². The molecule has 0 saturated carbocycles. The average Bonchev–Trinajstić information content (AvgIpc) is 3.10. The number of methoxy groups -OCH3 is 1. The topological polar surface area (TPSA) is 49.8 Å². The first-order valence-corrected chi connectivity index (χ1v) is 7.90. The van der Waals surface area contributed by atoms with Crippen LogP contribution in [0.15, 0.2) is 48.5 Å².